The lowest BCUT2D eigenvalue weighted by atomic mass is 9.87. The number of esters is 1. The van der Waals surface area contributed by atoms with Gasteiger partial charge in [-0.25, -0.2) is 0 Å². The first kappa shape index (κ1) is 55.1. The lowest BCUT2D eigenvalue weighted by molar-refractivity contribution is -0.153. The van der Waals surface area contributed by atoms with Gasteiger partial charge in [0.05, 0.1) is 12.0 Å². The molecule has 292 valence electrons. The molecule has 0 aromatic rings. The molecule has 0 aliphatic rings. The molecular weight excluding hydrogens is 688 g/mol. The van der Waals surface area contributed by atoms with Crippen molar-refractivity contribution >= 4 is 21.9 Å². The minimum absolute atomic E-state index is 0. The monoisotopic (exact) mass is 769 g/mol. The summed E-state index contributed by atoms with van der Waals surface area (Å²) in [7, 11) is 0. The summed E-state index contributed by atoms with van der Waals surface area (Å²) in [5, 5.41) is 1.12. The Morgan fingerprint density at radius 1 is 0.471 bits per heavy atom. The van der Waals surface area contributed by atoms with Gasteiger partial charge >= 0.3 is 5.97 Å². The quantitative estimate of drug-likeness (QED) is 0.0328. The smallest absolute Gasteiger partial charge is 0.311 e. The van der Waals surface area contributed by atoms with Crippen LogP contribution in [0.1, 0.15) is 159 Å². The number of carbonyl (C=O) groups is 1. The molecule has 51 heavy (non-hydrogen) atoms. The van der Waals surface area contributed by atoms with Gasteiger partial charge in [0, 0.05) is 5.33 Å². The number of carbonyl (C=O) groups excluding carboxylic acids is 1. The lowest BCUT2D eigenvalue weighted by Crippen LogP contribution is -2.26. The molecule has 0 aliphatic carbocycles. The number of halogens is 1. The molecule has 0 unspecified atom stereocenters. The fourth-order valence-corrected chi connectivity index (χ4v) is 4.75. The highest BCUT2D eigenvalue weighted by Gasteiger charge is 2.28. The van der Waals surface area contributed by atoms with Crippen molar-refractivity contribution in [3.63, 3.8) is 0 Å². The summed E-state index contributed by atoms with van der Waals surface area (Å²) < 4.78 is 5.12. The van der Waals surface area contributed by atoms with Gasteiger partial charge < -0.3 is 4.74 Å². The third-order valence-corrected chi connectivity index (χ3v) is 7.88. The molecule has 0 aliphatic heterocycles. The third kappa shape index (κ3) is 47.4. The van der Waals surface area contributed by atoms with Gasteiger partial charge in [0.15, 0.2) is 0 Å². The molecule has 0 saturated heterocycles. The maximum absolute atomic E-state index is 11.8. The van der Waals surface area contributed by atoms with Crippen LogP contribution in [0.3, 0.4) is 0 Å². The summed E-state index contributed by atoms with van der Waals surface area (Å²) in [5.41, 5.74) is -0.363. The van der Waals surface area contributed by atoms with E-state index in [1.165, 1.54) is 19.3 Å². The molecule has 0 amide bonds. The Balaban J connectivity index is -0.000000433. The van der Waals surface area contributed by atoms with Gasteiger partial charge in [0.2, 0.25) is 0 Å². The first-order valence-corrected chi connectivity index (χ1v) is 20.3. The Kier molecular flexibility index (Phi) is 51.2. The fraction of sp³-hybridized carbons (Fsp3) is 0.562. The average Bonchev–Trinajstić information content (AvgIpc) is 3.09. The predicted octanol–water partition coefficient (Wildman–Crippen LogP) is 16.5. The first-order chi connectivity index (χ1) is 24.0. The van der Waals surface area contributed by atoms with E-state index in [9.17, 15) is 4.79 Å². The summed E-state index contributed by atoms with van der Waals surface area (Å²) in [5.74, 6) is -0.0788. The molecule has 0 bridgehead atoms. The normalized spacial score (nSPS) is 12.6. The molecule has 3 heteroatoms. The van der Waals surface area contributed by atoms with Crippen molar-refractivity contribution in [3.05, 3.63) is 122 Å². The van der Waals surface area contributed by atoms with E-state index in [-0.39, 0.29) is 26.2 Å². The zero-order valence-electron chi connectivity index (χ0n) is 32.2. The van der Waals surface area contributed by atoms with Gasteiger partial charge in [-0.15, -0.1) is 0 Å². The second kappa shape index (κ2) is 47.4. The van der Waals surface area contributed by atoms with Gasteiger partial charge in [-0.2, -0.15) is 0 Å². The zero-order valence-corrected chi connectivity index (χ0v) is 33.8. The van der Waals surface area contributed by atoms with Gasteiger partial charge in [0.25, 0.3) is 0 Å². The van der Waals surface area contributed by atoms with Crippen LogP contribution < -0.4 is 0 Å². The van der Waals surface area contributed by atoms with E-state index in [4.69, 9.17) is 4.74 Å². The molecule has 0 rings (SSSR count). The molecule has 0 fully saturated rings. The number of unbranched alkanes of at least 4 members (excludes halogenated alkanes) is 4. The Morgan fingerprint density at radius 2 is 0.765 bits per heavy atom. The number of hydrogen-bond acceptors (Lipinski definition) is 2. The van der Waals surface area contributed by atoms with Gasteiger partial charge in [0.1, 0.15) is 0 Å². The Morgan fingerprint density at radius 3 is 1.06 bits per heavy atom. The summed E-state index contributed by atoms with van der Waals surface area (Å²) in [6.07, 6.45) is 63.0. The highest BCUT2D eigenvalue weighted by atomic mass is 79.9. The molecule has 0 aromatic carbocycles. The summed E-state index contributed by atoms with van der Waals surface area (Å²) >= 11 is 3.45. The second-order valence-electron chi connectivity index (χ2n) is 12.5. The number of alkyl halides is 1. The van der Waals surface area contributed by atoms with Crippen molar-refractivity contribution in [2.24, 2.45) is 5.41 Å². The van der Waals surface area contributed by atoms with Crippen LogP contribution in [0.5, 0.6) is 0 Å². The molecule has 0 heterocycles. The standard InChI is InChI=1S/C26H42O2.C20H31Br.2CH4/c1-5-7-8-9-10-11-12-13-14-15-16-17-18-19-20-21-22-23-24-26(3,4)25(27)28-6-2;1-2-3-4-5-6-7-8-9-10-11-12-13-14-15-16-17-18-19-20-21;;/h7-8,10-11,13-14,16-17,19-20H,5-6,9,12,15,18,21-24H2,1-4H3;3-4,6-7,9-10,12-13,15-16H,2,5,8,11,14,17-20H2,1H3;2*1H4/b8-7-,11-10-,14-13-,17-16-,20-19-;4-3-,7-6-,10-9-,13-12-,16-15-;;. The summed E-state index contributed by atoms with van der Waals surface area (Å²) in [4.78, 5) is 11.8. The van der Waals surface area contributed by atoms with Crippen molar-refractivity contribution in [1.29, 1.82) is 0 Å². The van der Waals surface area contributed by atoms with E-state index >= 15 is 0 Å². The largest absolute Gasteiger partial charge is 0.466 e. The molecule has 0 N–H and O–H groups in total. The van der Waals surface area contributed by atoms with Crippen LogP contribution in [0.25, 0.3) is 0 Å². The van der Waals surface area contributed by atoms with Crippen LogP contribution in [0, 0.1) is 5.41 Å². The van der Waals surface area contributed by atoms with Crippen molar-refractivity contribution in [2.45, 2.75) is 159 Å². The fourth-order valence-electron chi connectivity index (χ4n) is 4.35. The molecular formula is C48H81BrO2. The van der Waals surface area contributed by atoms with E-state index in [1.54, 1.807) is 0 Å². The molecule has 0 spiro atoms. The number of ether oxygens (including phenoxy) is 1. The minimum Gasteiger partial charge on any atom is -0.466 e. The summed E-state index contributed by atoms with van der Waals surface area (Å²) in [6, 6.07) is 0. The SMILES string of the molecule is C.C.CC/C=C\C/C=C\C/C=C\C/C=C\C/C=C\CCCCBr.CC/C=C\C/C=C\C/C=C\C/C=C\C/C=C\CCCCC(C)(C)C(=O)OCC. The van der Waals surface area contributed by atoms with Gasteiger partial charge in [-0.05, 0) is 124 Å². The van der Waals surface area contributed by atoms with E-state index in [2.05, 4.69) is 151 Å². The Bertz CT molecular complexity index is 1010. The first-order valence-electron chi connectivity index (χ1n) is 19.2. The molecule has 2 nitrogen and oxygen atoms in total. The van der Waals surface area contributed by atoms with Crippen molar-refractivity contribution < 1.29 is 9.53 Å². The minimum atomic E-state index is -0.363. The van der Waals surface area contributed by atoms with E-state index < -0.39 is 0 Å². The van der Waals surface area contributed by atoms with E-state index in [0.29, 0.717) is 6.61 Å². The third-order valence-electron chi connectivity index (χ3n) is 7.32. The second-order valence-corrected chi connectivity index (χ2v) is 13.2. The topological polar surface area (TPSA) is 26.3 Å². The van der Waals surface area contributed by atoms with E-state index in [1.807, 2.05) is 20.8 Å². The lowest BCUT2D eigenvalue weighted by Gasteiger charge is -2.21. The number of hydrogen-bond donors (Lipinski definition) is 0. The Hall–Kier alpha value is -2.65. The van der Waals surface area contributed by atoms with Crippen LogP contribution in [-0.2, 0) is 9.53 Å². The predicted molar refractivity (Wildman–Crippen MR) is 239 cm³/mol. The highest BCUT2D eigenvalue weighted by molar-refractivity contribution is 9.09. The van der Waals surface area contributed by atoms with Gasteiger partial charge in [-0.1, -0.05) is 173 Å². The van der Waals surface area contributed by atoms with Crippen LogP contribution in [0.4, 0.5) is 0 Å². The zero-order chi connectivity index (χ0) is 36.4. The van der Waals surface area contributed by atoms with Crippen molar-refractivity contribution in [3.8, 4) is 0 Å². The molecule has 0 aromatic heterocycles. The number of allylic oxidation sites excluding steroid dienone is 20. The molecule has 0 radical (unpaired) electrons. The van der Waals surface area contributed by atoms with Gasteiger partial charge in [-0.3, -0.25) is 4.79 Å². The van der Waals surface area contributed by atoms with Crippen molar-refractivity contribution in [2.75, 3.05) is 11.9 Å². The van der Waals surface area contributed by atoms with Crippen LogP contribution in [0.15, 0.2) is 122 Å². The van der Waals surface area contributed by atoms with Crippen molar-refractivity contribution in [1.82, 2.24) is 0 Å². The molecule has 0 atom stereocenters. The molecule has 0 saturated carbocycles. The Labute approximate surface area is 327 Å². The summed E-state index contributed by atoms with van der Waals surface area (Å²) in [6.45, 7) is 10.6. The number of rotatable bonds is 29. The maximum atomic E-state index is 11.8. The average molecular weight is 770 g/mol. The highest BCUT2D eigenvalue weighted by Crippen LogP contribution is 2.25. The van der Waals surface area contributed by atoms with E-state index in [0.717, 1.165) is 95.2 Å². The van der Waals surface area contributed by atoms with Crippen LogP contribution in [-0.4, -0.2) is 17.9 Å². The van der Waals surface area contributed by atoms with Crippen LogP contribution in [0.2, 0.25) is 0 Å². The maximum Gasteiger partial charge on any atom is 0.311 e. The van der Waals surface area contributed by atoms with Crippen LogP contribution >= 0.6 is 15.9 Å².